The molecule has 5 atom stereocenters. The average molecular weight is 483 g/mol. The molecule has 0 aromatic rings. The predicted molar refractivity (Wildman–Crippen MR) is 139 cm³/mol. The Morgan fingerprint density at radius 2 is 1.85 bits per heavy atom. The number of ether oxygens (including phenoxy) is 1. The van der Waals surface area contributed by atoms with Gasteiger partial charge in [-0.2, -0.15) is 0 Å². The minimum absolute atomic E-state index is 0.0308. The van der Waals surface area contributed by atoms with E-state index >= 15 is 4.39 Å². The Morgan fingerprint density at radius 3 is 2.42 bits per heavy atom. The SMILES string of the molecule is CCOC(=O)/C=C1\CCC[C@]2(C)[C@@H]([C@H](C)[C@H](F)CCC(C)(C)O[Si](CC)(CC)CC)CC[C@@H]12. The molecule has 2 aliphatic rings. The van der Waals surface area contributed by atoms with Gasteiger partial charge in [-0.15, -0.1) is 0 Å². The molecule has 33 heavy (non-hydrogen) atoms. The van der Waals surface area contributed by atoms with Crippen LogP contribution >= 0.6 is 0 Å². The largest absolute Gasteiger partial charge is 0.463 e. The Morgan fingerprint density at radius 1 is 1.21 bits per heavy atom. The van der Waals surface area contributed by atoms with Gasteiger partial charge < -0.3 is 9.16 Å². The van der Waals surface area contributed by atoms with Gasteiger partial charge >= 0.3 is 5.97 Å². The Bertz CT molecular complexity index is 664. The molecule has 0 aromatic carbocycles. The van der Waals surface area contributed by atoms with Crippen molar-refractivity contribution < 1.29 is 18.3 Å². The summed E-state index contributed by atoms with van der Waals surface area (Å²) in [4.78, 5) is 12.1. The van der Waals surface area contributed by atoms with E-state index in [4.69, 9.17) is 9.16 Å². The van der Waals surface area contributed by atoms with E-state index in [1.54, 1.807) is 6.08 Å². The van der Waals surface area contributed by atoms with Crippen LogP contribution in [0.3, 0.4) is 0 Å². The van der Waals surface area contributed by atoms with Crippen molar-refractivity contribution in [3.05, 3.63) is 11.6 Å². The molecule has 0 saturated heterocycles. The number of carbonyl (C=O) groups is 1. The number of allylic oxidation sites excluding steroid dienone is 1. The molecule has 5 heteroatoms. The number of alkyl halides is 1. The fraction of sp³-hybridized carbons (Fsp3) is 0.893. The Balaban J connectivity index is 2.04. The average Bonchev–Trinajstić information content (AvgIpc) is 3.13. The summed E-state index contributed by atoms with van der Waals surface area (Å²) < 4.78 is 27.6. The number of hydrogen-bond donors (Lipinski definition) is 0. The molecule has 2 aliphatic carbocycles. The third kappa shape index (κ3) is 6.71. The zero-order valence-corrected chi connectivity index (χ0v) is 23.8. The van der Waals surface area contributed by atoms with Gasteiger partial charge in [-0.3, -0.25) is 0 Å². The number of halogens is 1. The molecule has 2 fully saturated rings. The highest BCUT2D eigenvalue weighted by Crippen LogP contribution is 2.60. The van der Waals surface area contributed by atoms with Gasteiger partial charge in [-0.05, 0) is 107 Å². The lowest BCUT2D eigenvalue weighted by Crippen LogP contribution is -2.45. The Hall–Kier alpha value is -0.683. The first kappa shape index (κ1) is 28.6. The monoisotopic (exact) mass is 482 g/mol. The van der Waals surface area contributed by atoms with E-state index in [0.29, 0.717) is 24.9 Å². The second-order valence-corrected chi connectivity index (χ2v) is 16.3. The Labute approximate surface area is 204 Å². The van der Waals surface area contributed by atoms with E-state index in [1.807, 2.05) is 6.92 Å². The first-order valence-corrected chi connectivity index (χ1v) is 16.2. The lowest BCUT2D eigenvalue weighted by atomic mass is 9.60. The first-order valence-electron chi connectivity index (χ1n) is 13.7. The van der Waals surface area contributed by atoms with Crippen LogP contribution in [0.25, 0.3) is 0 Å². The van der Waals surface area contributed by atoms with E-state index in [2.05, 4.69) is 48.5 Å². The van der Waals surface area contributed by atoms with Crippen LogP contribution in [0, 0.1) is 23.2 Å². The maximum Gasteiger partial charge on any atom is 0.330 e. The topological polar surface area (TPSA) is 35.5 Å². The van der Waals surface area contributed by atoms with Crippen LogP contribution in [0.15, 0.2) is 11.6 Å². The molecule has 0 unspecified atom stereocenters. The number of rotatable bonds is 12. The van der Waals surface area contributed by atoms with Gasteiger partial charge in [0.15, 0.2) is 8.32 Å². The summed E-state index contributed by atoms with van der Waals surface area (Å²) in [5.74, 6) is 0.566. The summed E-state index contributed by atoms with van der Waals surface area (Å²) >= 11 is 0. The van der Waals surface area contributed by atoms with Crippen LogP contribution in [0.5, 0.6) is 0 Å². The highest BCUT2D eigenvalue weighted by Gasteiger charge is 2.52. The molecule has 0 amide bonds. The minimum Gasteiger partial charge on any atom is -0.463 e. The van der Waals surface area contributed by atoms with Crippen molar-refractivity contribution in [3.63, 3.8) is 0 Å². The first-order chi connectivity index (χ1) is 15.5. The molecule has 3 nitrogen and oxygen atoms in total. The van der Waals surface area contributed by atoms with Crippen molar-refractivity contribution in [1.82, 2.24) is 0 Å². The lowest BCUT2D eigenvalue weighted by molar-refractivity contribution is -0.137. The van der Waals surface area contributed by atoms with Gasteiger partial charge in [0.2, 0.25) is 0 Å². The van der Waals surface area contributed by atoms with Crippen LogP contribution in [0.2, 0.25) is 18.1 Å². The van der Waals surface area contributed by atoms with E-state index in [0.717, 1.165) is 56.7 Å². The van der Waals surface area contributed by atoms with Crippen LogP contribution in [-0.2, 0) is 14.0 Å². The molecule has 0 radical (unpaired) electrons. The molecule has 0 heterocycles. The van der Waals surface area contributed by atoms with Crippen molar-refractivity contribution >= 4 is 14.3 Å². The third-order valence-corrected chi connectivity index (χ3v) is 14.1. The molecule has 0 aliphatic heterocycles. The van der Waals surface area contributed by atoms with Gasteiger partial charge in [0, 0.05) is 6.08 Å². The minimum atomic E-state index is -1.71. The summed E-state index contributed by atoms with van der Waals surface area (Å²) in [7, 11) is -1.71. The standard InChI is InChI=1S/C28H51FO3Si/c1-9-31-26(30)20-22-14-13-18-28(8)23(15-16-24(22)28)21(5)25(29)17-19-27(6,7)32-33(10-2,11-3)12-4/h20-21,23-25H,9-19H2,1-8H3/b22-20+/t21-,23+,24-,25+,28+/m0/s1. The Kier molecular flexibility index (Phi) is 10.2. The van der Waals surface area contributed by atoms with Crippen molar-refractivity contribution in [1.29, 1.82) is 0 Å². The van der Waals surface area contributed by atoms with Gasteiger partial charge in [0.1, 0.15) is 6.17 Å². The molecule has 0 aromatic heterocycles. The predicted octanol–water partition coefficient (Wildman–Crippen LogP) is 8.25. The molecule has 0 spiro atoms. The second-order valence-electron chi connectivity index (χ2n) is 11.6. The number of fused-ring (bicyclic) bond motifs is 1. The van der Waals surface area contributed by atoms with Gasteiger partial charge in [-0.1, -0.05) is 40.2 Å². The van der Waals surface area contributed by atoms with Crippen molar-refractivity contribution in [2.75, 3.05) is 6.61 Å². The maximum atomic E-state index is 15.7. The van der Waals surface area contributed by atoms with Gasteiger partial charge in [0.05, 0.1) is 12.2 Å². The highest BCUT2D eigenvalue weighted by atomic mass is 28.4. The molecule has 2 rings (SSSR count). The van der Waals surface area contributed by atoms with Crippen molar-refractivity contribution in [2.24, 2.45) is 23.2 Å². The summed E-state index contributed by atoms with van der Waals surface area (Å²) in [5.41, 5.74) is 1.06. The molecule has 192 valence electrons. The van der Waals surface area contributed by atoms with Crippen LogP contribution in [0.1, 0.15) is 100 Å². The quantitative estimate of drug-likeness (QED) is 0.160. The van der Waals surface area contributed by atoms with E-state index in [-0.39, 0.29) is 22.9 Å². The summed E-state index contributed by atoms with van der Waals surface area (Å²) in [5, 5.41) is 0. The second kappa shape index (κ2) is 11.8. The smallest absolute Gasteiger partial charge is 0.330 e. The van der Waals surface area contributed by atoms with E-state index in [9.17, 15) is 4.79 Å². The van der Waals surface area contributed by atoms with Crippen molar-refractivity contribution in [3.8, 4) is 0 Å². The van der Waals surface area contributed by atoms with Crippen molar-refractivity contribution in [2.45, 2.75) is 130 Å². The number of hydrogen-bond acceptors (Lipinski definition) is 3. The van der Waals surface area contributed by atoms with Crippen LogP contribution < -0.4 is 0 Å². The zero-order chi connectivity index (χ0) is 24.9. The highest BCUT2D eigenvalue weighted by molar-refractivity contribution is 6.73. The van der Waals surface area contributed by atoms with Gasteiger partial charge in [0.25, 0.3) is 0 Å². The molecular formula is C28H51FO3Si. The number of esters is 1. The fourth-order valence-electron chi connectivity index (χ4n) is 7.06. The maximum absolute atomic E-state index is 15.7. The van der Waals surface area contributed by atoms with Crippen LogP contribution in [0.4, 0.5) is 4.39 Å². The van der Waals surface area contributed by atoms with E-state index < -0.39 is 14.5 Å². The van der Waals surface area contributed by atoms with Crippen LogP contribution in [-0.4, -0.2) is 32.7 Å². The van der Waals surface area contributed by atoms with E-state index in [1.165, 1.54) is 5.57 Å². The third-order valence-electron chi connectivity index (χ3n) is 9.28. The molecule has 0 N–H and O–H groups in total. The molecular weight excluding hydrogens is 431 g/mol. The molecule has 2 saturated carbocycles. The normalized spacial score (nSPS) is 29.1. The summed E-state index contributed by atoms with van der Waals surface area (Å²) in [6.07, 6.45) is 7.58. The number of carbonyl (C=O) groups excluding carboxylic acids is 1. The summed E-state index contributed by atoms with van der Waals surface area (Å²) in [6.45, 7) is 17.8. The van der Waals surface area contributed by atoms with Gasteiger partial charge in [-0.25, -0.2) is 9.18 Å². The lowest BCUT2D eigenvalue weighted by Gasteiger charge is -2.45. The summed E-state index contributed by atoms with van der Waals surface area (Å²) in [6, 6.07) is 3.38. The fourth-order valence-corrected chi connectivity index (χ4v) is 10.3. The zero-order valence-electron chi connectivity index (χ0n) is 22.8. The molecule has 0 bridgehead atoms.